The van der Waals surface area contributed by atoms with Crippen molar-refractivity contribution < 1.29 is 23.9 Å². The number of rotatable bonds is 6. The molecule has 1 unspecified atom stereocenters. The van der Waals surface area contributed by atoms with Gasteiger partial charge < -0.3 is 14.5 Å². The van der Waals surface area contributed by atoms with E-state index in [9.17, 15) is 14.4 Å². The number of benzene rings is 1. The molecule has 0 saturated carbocycles. The molecule has 1 N–H and O–H groups in total. The molecule has 0 saturated heterocycles. The molecule has 2 aromatic rings. The number of Topliss-reactive ketones (excluding diaryl/α,β-unsaturated/α-hetero) is 2. The topological polar surface area (TPSA) is 85.5 Å². The molecule has 0 amide bonds. The van der Waals surface area contributed by atoms with E-state index in [4.69, 9.17) is 4.74 Å². The van der Waals surface area contributed by atoms with E-state index >= 15 is 0 Å². The number of aryl methyl sites for hydroxylation is 1. The lowest BCUT2D eigenvalue weighted by Crippen LogP contribution is -2.25. The summed E-state index contributed by atoms with van der Waals surface area (Å²) in [5.74, 6) is -0.312. The van der Waals surface area contributed by atoms with Crippen LogP contribution in [0.4, 0.5) is 0 Å². The summed E-state index contributed by atoms with van der Waals surface area (Å²) >= 11 is 0. The summed E-state index contributed by atoms with van der Waals surface area (Å²) in [6.45, 7) is 6.61. The number of hydrogen-bond acceptors (Lipinski definition) is 5. The Morgan fingerprint density at radius 2 is 1.68 bits per heavy atom. The lowest BCUT2D eigenvalue weighted by molar-refractivity contribution is 0.0600. The Hall–Kier alpha value is -2.89. The first-order valence-electron chi connectivity index (χ1n) is 7.85. The van der Waals surface area contributed by atoms with Crippen molar-refractivity contribution in [3.05, 3.63) is 52.3 Å². The zero-order chi connectivity index (χ0) is 18.7. The van der Waals surface area contributed by atoms with Gasteiger partial charge in [0.1, 0.15) is 5.75 Å². The first-order valence-corrected chi connectivity index (χ1v) is 7.85. The molecule has 2 rings (SSSR count). The molecular weight excluding hydrogens is 322 g/mol. The number of ketones is 2. The molecular formula is C19H21NO5. The van der Waals surface area contributed by atoms with Gasteiger partial charge in [-0.3, -0.25) is 9.59 Å². The van der Waals surface area contributed by atoms with Gasteiger partial charge in [-0.05, 0) is 57.5 Å². The molecule has 1 aromatic heterocycles. The Morgan fingerprint density at radius 1 is 1.08 bits per heavy atom. The Balaban J connectivity index is 2.17. The Labute approximate surface area is 146 Å². The number of esters is 1. The summed E-state index contributed by atoms with van der Waals surface area (Å²) in [6, 6.07) is 6.33. The van der Waals surface area contributed by atoms with Crippen molar-refractivity contribution in [3.63, 3.8) is 0 Å². The Morgan fingerprint density at radius 3 is 2.16 bits per heavy atom. The highest BCUT2D eigenvalue weighted by molar-refractivity contribution is 6.04. The first kappa shape index (κ1) is 18.4. The van der Waals surface area contributed by atoms with Gasteiger partial charge in [0.2, 0.25) is 5.78 Å². The molecule has 0 aliphatic heterocycles. The summed E-state index contributed by atoms with van der Waals surface area (Å²) in [5.41, 5.74) is 2.62. The zero-order valence-electron chi connectivity index (χ0n) is 14.9. The van der Waals surface area contributed by atoms with Crippen molar-refractivity contribution in [2.75, 3.05) is 7.11 Å². The van der Waals surface area contributed by atoms with Gasteiger partial charge in [0.05, 0.1) is 18.4 Å². The highest BCUT2D eigenvalue weighted by Crippen LogP contribution is 2.22. The monoisotopic (exact) mass is 343 g/mol. The van der Waals surface area contributed by atoms with Crippen LogP contribution in [0, 0.1) is 13.8 Å². The quantitative estimate of drug-likeness (QED) is 0.643. The third-order valence-electron chi connectivity index (χ3n) is 3.99. The molecule has 6 nitrogen and oxygen atoms in total. The van der Waals surface area contributed by atoms with Gasteiger partial charge >= 0.3 is 5.97 Å². The van der Waals surface area contributed by atoms with Crippen molar-refractivity contribution in [1.82, 2.24) is 4.98 Å². The average Bonchev–Trinajstić information content (AvgIpc) is 2.88. The molecule has 0 bridgehead atoms. The second-order valence-electron chi connectivity index (χ2n) is 5.82. The summed E-state index contributed by atoms with van der Waals surface area (Å²) in [5, 5.41) is 0. The van der Waals surface area contributed by atoms with E-state index in [1.54, 1.807) is 45.0 Å². The van der Waals surface area contributed by atoms with Crippen LogP contribution in [0.25, 0.3) is 0 Å². The predicted molar refractivity (Wildman–Crippen MR) is 92.5 cm³/mol. The van der Waals surface area contributed by atoms with Crippen molar-refractivity contribution in [2.24, 2.45) is 0 Å². The van der Waals surface area contributed by atoms with Crippen molar-refractivity contribution in [2.45, 2.75) is 33.8 Å². The molecule has 1 aromatic carbocycles. The highest BCUT2D eigenvalue weighted by atomic mass is 16.5. The molecule has 0 fully saturated rings. The van der Waals surface area contributed by atoms with E-state index in [0.29, 0.717) is 33.8 Å². The molecule has 0 spiro atoms. The largest absolute Gasteiger partial charge is 0.483 e. The van der Waals surface area contributed by atoms with Crippen LogP contribution in [0.1, 0.15) is 56.3 Å². The average molecular weight is 343 g/mol. The minimum atomic E-state index is -0.750. The van der Waals surface area contributed by atoms with Gasteiger partial charge in [-0.2, -0.15) is 0 Å². The third kappa shape index (κ3) is 3.79. The van der Waals surface area contributed by atoms with Crippen LogP contribution in [-0.4, -0.2) is 35.7 Å². The maximum atomic E-state index is 12.6. The lowest BCUT2D eigenvalue weighted by atomic mass is 10.0. The lowest BCUT2D eigenvalue weighted by Gasteiger charge is -2.14. The van der Waals surface area contributed by atoms with E-state index in [-0.39, 0.29) is 11.6 Å². The first-order chi connectivity index (χ1) is 11.8. The fraction of sp³-hybridized carbons (Fsp3) is 0.316. The van der Waals surface area contributed by atoms with Gasteiger partial charge in [-0.15, -0.1) is 0 Å². The SMILES string of the molecule is COC(=O)c1ccc(OC(C)C(=O)c2[nH]c(C)c(C(C)=O)c2C)cc1. The summed E-state index contributed by atoms with van der Waals surface area (Å²) in [7, 11) is 1.31. The minimum absolute atomic E-state index is 0.0859. The number of carbonyl (C=O) groups is 3. The highest BCUT2D eigenvalue weighted by Gasteiger charge is 2.24. The smallest absolute Gasteiger partial charge is 0.337 e. The minimum Gasteiger partial charge on any atom is -0.483 e. The second-order valence-corrected chi connectivity index (χ2v) is 5.82. The van der Waals surface area contributed by atoms with Crippen LogP contribution < -0.4 is 4.74 Å². The number of hydrogen-bond donors (Lipinski definition) is 1. The van der Waals surface area contributed by atoms with E-state index in [1.807, 2.05) is 0 Å². The van der Waals surface area contributed by atoms with E-state index in [2.05, 4.69) is 9.72 Å². The van der Waals surface area contributed by atoms with Crippen LogP contribution in [0.5, 0.6) is 5.75 Å². The fourth-order valence-corrected chi connectivity index (χ4v) is 2.77. The standard InChI is InChI=1S/C19H21NO5/c1-10-16(12(3)21)11(2)20-17(10)18(22)13(4)25-15-8-6-14(7-9-15)19(23)24-5/h6-9,13,20H,1-5H3. The van der Waals surface area contributed by atoms with Crippen molar-refractivity contribution >= 4 is 17.5 Å². The second kappa shape index (κ2) is 7.34. The van der Waals surface area contributed by atoms with Gasteiger partial charge in [-0.1, -0.05) is 0 Å². The molecule has 0 aliphatic carbocycles. The summed E-state index contributed by atoms with van der Waals surface area (Å²) in [6.07, 6.45) is -0.750. The van der Waals surface area contributed by atoms with Crippen molar-refractivity contribution in [1.29, 1.82) is 0 Å². The number of methoxy groups -OCH3 is 1. The molecule has 0 aliphatic rings. The predicted octanol–water partition coefficient (Wildman–Crippen LogP) is 3.27. The number of aromatic nitrogens is 1. The maximum Gasteiger partial charge on any atom is 0.337 e. The van der Waals surface area contributed by atoms with Crippen LogP contribution in [0.2, 0.25) is 0 Å². The van der Waals surface area contributed by atoms with Crippen molar-refractivity contribution in [3.8, 4) is 5.75 Å². The molecule has 6 heteroatoms. The van der Waals surface area contributed by atoms with E-state index in [0.717, 1.165) is 0 Å². The zero-order valence-corrected chi connectivity index (χ0v) is 14.9. The Kier molecular flexibility index (Phi) is 5.41. The van der Waals surface area contributed by atoms with Gasteiger partial charge in [0.25, 0.3) is 0 Å². The van der Waals surface area contributed by atoms with E-state index in [1.165, 1.54) is 14.0 Å². The normalized spacial score (nSPS) is 11.7. The van der Waals surface area contributed by atoms with Crippen LogP contribution in [-0.2, 0) is 4.74 Å². The third-order valence-corrected chi connectivity index (χ3v) is 3.99. The van der Waals surface area contributed by atoms with Gasteiger partial charge in [-0.25, -0.2) is 4.79 Å². The van der Waals surface area contributed by atoms with Gasteiger partial charge in [0, 0.05) is 11.3 Å². The molecule has 132 valence electrons. The fourth-order valence-electron chi connectivity index (χ4n) is 2.77. The van der Waals surface area contributed by atoms with Crippen LogP contribution in [0.3, 0.4) is 0 Å². The number of H-pyrrole nitrogens is 1. The number of aromatic amines is 1. The van der Waals surface area contributed by atoms with E-state index < -0.39 is 12.1 Å². The molecule has 0 radical (unpaired) electrons. The van der Waals surface area contributed by atoms with Gasteiger partial charge in [0.15, 0.2) is 11.9 Å². The molecule has 1 atom stereocenters. The molecule has 25 heavy (non-hydrogen) atoms. The number of carbonyl (C=O) groups excluding carboxylic acids is 3. The maximum absolute atomic E-state index is 12.6. The summed E-state index contributed by atoms with van der Waals surface area (Å²) in [4.78, 5) is 38.7. The summed E-state index contributed by atoms with van der Waals surface area (Å²) < 4.78 is 10.3. The van der Waals surface area contributed by atoms with Crippen LogP contribution in [0.15, 0.2) is 24.3 Å². The number of nitrogens with one attached hydrogen (secondary N) is 1. The number of ether oxygens (including phenoxy) is 2. The molecule has 1 heterocycles. The van der Waals surface area contributed by atoms with Crippen LogP contribution >= 0.6 is 0 Å². The Bertz CT molecular complexity index is 817.